The number of hydrogen-bond acceptors (Lipinski definition) is 0. The molecule has 0 radical (unpaired) electrons. The van der Waals surface area contributed by atoms with E-state index < -0.39 is 0 Å². The Bertz CT molecular complexity index is 120. The van der Waals surface area contributed by atoms with E-state index in [0.717, 1.165) is 21.7 Å². The summed E-state index contributed by atoms with van der Waals surface area (Å²) in [7, 11) is 0. The van der Waals surface area contributed by atoms with Crippen molar-refractivity contribution in [3.63, 3.8) is 0 Å². The van der Waals surface area contributed by atoms with Crippen molar-refractivity contribution in [3.05, 3.63) is 0 Å². The van der Waals surface area contributed by atoms with Crippen LogP contribution in [-0.2, 0) is 0 Å². The highest BCUT2D eigenvalue weighted by Crippen LogP contribution is 2.37. The maximum absolute atomic E-state index is 2.65. The summed E-state index contributed by atoms with van der Waals surface area (Å²) < 4.78 is 0.941. The van der Waals surface area contributed by atoms with Crippen LogP contribution in [0.4, 0.5) is 0 Å². The summed E-state index contributed by atoms with van der Waals surface area (Å²) in [6, 6.07) is 0. The first-order chi connectivity index (χ1) is 5.11. The zero-order chi connectivity index (χ0) is 8.43. The van der Waals surface area contributed by atoms with E-state index in [1.807, 2.05) is 0 Å². The third kappa shape index (κ3) is 2.60. The number of rotatable bonds is 1. The van der Waals surface area contributed by atoms with Crippen LogP contribution >= 0.6 is 22.6 Å². The highest BCUT2D eigenvalue weighted by Gasteiger charge is 2.28. The van der Waals surface area contributed by atoms with E-state index in [2.05, 4.69) is 43.4 Å². The molecule has 0 bridgehead atoms. The fraction of sp³-hybridized carbons (Fsp3) is 1.00. The molecule has 0 saturated heterocycles. The zero-order valence-electron chi connectivity index (χ0n) is 7.81. The van der Waals surface area contributed by atoms with Gasteiger partial charge >= 0.3 is 0 Å². The molecular weight excluding hydrogens is 247 g/mol. The molecule has 0 aromatic carbocycles. The standard InChI is InChI=1S/C10H19I/c1-7(2)9-5-4-8(3)6-10(9)11/h7-10H,4-6H2,1-3H3/t8-,9-,10+/m1/s1. The van der Waals surface area contributed by atoms with Crippen molar-refractivity contribution in [1.82, 2.24) is 0 Å². The van der Waals surface area contributed by atoms with E-state index in [0.29, 0.717) is 0 Å². The maximum Gasteiger partial charge on any atom is 0.0143 e. The predicted molar refractivity (Wildman–Crippen MR) is 59.2 cm³/mol. The molecule has 3 atom stereocenters. The summed E-state index contributed by atoms with van der Waals surface area (Å²) in [6.07, 6.45) is 4.37. The predicted octanol–water partition coefficient (Wildman–Crippen LogP) is 3.88. The molecule has 0 amide bonds. The quantitative estimate of drug-likeness (QED) is 0.499. The van der Waals surface area contributed by atoms with Crippen LogP contribution in [0.25, 0.3) is 0 Å². The van der Waals surface area contributed by atoms with Gasteiger partial charge in [0.1, 0.15) is 0 Å². The van der Waals surface area contributed by atoms with Crippen molar-refractivity contribution in [3.8, 4) is 0 Å². The Morgan fingerprint density at radius 1 is 1.27 bits per heavy atom. The Hall–Kier alpha value is 0.730. The summed E-state index contributed by atoms with van der Waals surface area (Å²) >= 11 is 2.65. The minimum Gasteiger partial charge on any atom is -0.0823 e. The van der Waals surface area contributed by atoms with E-state index in [1.54, 1.807) is 0 Å². The lowest BCUT2D eigenvalue weighted by Crippen LogP contribution is -2.27. The summed E-state index contributed by atoms with van der Waals surface area (Å²) in [5.74, 6) is 2.86. The third-order valence-corrected chi connectivity index (χ3v) is 4.37. The maximum atomic E-state index is 2.65. The molecule has 1 heteroatoms. The molecule has 1 saturated carbocycles. The van der Waals surface area contributed by atoms with Gasteiger partial charge in [-0.05, 0) is 30.6 Å². The van der Waals surface area contributed by atoms with Crippen molar-refractivity contribution in [1.29, 1.82) is 0 Å². The lowest BCUT2D eigenvalue weighted by atomic mass is 9.78. The second-order valence-electron chi connectivity index (χ2n) is 4.34. The van der Waals surface area contributed by atoms with Crippen molar-refractivity contribution in [2.45, 2.75) is 44.0 Å². The van der Waals surface area contributed by atoms with Gasteiger partial charge in [-0.15, -0.1) is 0 Å². The highest BCUT2D eigenvalue weighted by molar-refractivity contribution is 14.1. The van der Waals surface area contributed by atoms with Gasteiger partial charge in [-0.3, -0.25) is 0 Å². The lowest BCUT2D eigenvalue weighted by molar-refractivity contribution is 0.252. The van der Waals surface area contributed by atoms with E-state index in [1.165, 1.54) is 19.3 Å². The normalized spacial score (nSPS) is 39.5. The van der Waals surface area contributed by atoms with Crippen LogP contribution < -0.4 is 0 Å². The molecule has 1 aliphatic carbocycles. The molecule has 0 nitrogen and oxygen atoms in total. The van der Waals surface area contributed by atoms with Gasteiger partial charge in [0.25, 0.3) is 0 Å². The van der Waals surface area contributed by atoms with Crippen molar-refractivity contribution < 1.29 is 0 Å². The lowest BCUT2D eigenvalue weighted by Gasteiger charge is -2.33. The summed E-state index contributed by atoms with van der Waals surface area (Å²) in [5.41, 5.74) is 0. The van der Waals surface area contributed by atoms with E-state index in [9.17, 15) is 0 Å². The molecule has 0 spiro atoms. The van der Waals surface area contributed by atoms with E-state index >= 15 is 0 Å². The number of alkyl halides is 1. The zero-order valence-corrected chi connectivity index (χ0v) is 9.97. The van der Waals surface area contributed by atoms with Crippen LogP contribution in [0.2, 0.25) is 0 Å². The molecular formula is C10H19I. The Labute approximate surface area is 84.3 Å². The number of halogens is 1. The Morgan fingerprint density at radius 2 is 1.91 bits per heavy atom. The van der Waals surface area contributed by atoms with Crippen LogP contribution in [0.3, 0.4) is 0 Å². The molecule has 0 heterocycles. The van der Waals surface area contributed by atoms with Gasteiger partial charge in [0, 0.05) is 3.92 Å². The van der Waals surface area contributed by atoms with Gasteiger partial charge in [0.15, 0.2) is 0 Å². The van der Waals surface area contributed by atoms with Gasteiger partial charge in [-0.25, -0.2) is 0 Å². The Morgan fingerprint density at radius 3 is 2.36 bits per heavy atom. The molecule has 0 unspecified atom stereocenters. The average Bonchev–Trinajstić information content (AvgIpc) is 1.85. The smallest absolute Gasteiger partial charge is 0.0143 e. The van der Waals surface area contributed by atoms with Gasteiger partial charge in [-0.2, -0.15) is 0 Å². The molecule has 11 heavy (non-hydrogen) atoms. The van der Waals surface area contributed by atoms with E-state index in [-0.39, 0.29) is 0 Å². The monoisotopic (exact) mass is 266 g/mol. The minimum atomic E-state index is 0.893. The Balaban J connectivity index is 2.44. The Kier molecular flexibility index (Phi) is 3.66. The van der Waals surface area contributed by atoms with Gasteiger partial charge < -0.3 is 0 Å². The largest absolute Gasteiger partial charge is 0.0823 e. The first-order valence-electron chi connectivity index (χ1n) is 4.75. The second kappa shape index (κ2) is 4.11. The van der Waals surface area contributed by atoms with Gasteiger partial charge in [0.05, 0.1) is 0 Å². The molecule has 0 aliphatic heterocycles. The van der Waals surface area contributed by atoms with Crippen LogP contribution in [0.15, 0.2) is 0 Å². The van der Waals surface area contributed by atoms with Gasteiger partial charge in [-0.1, -0.05) is 49.8 Å². The molecule has 1 rings (SSSR count). The van der Waals surface area contributed by atoms with Crippen molar-refractivity contribution in [2.75, 3.05) is 0 Å². The summed E-state index contributed by atoms with van der Waals surface area (Å²) in [6.45, 7) is 7.13. The summed E-state index contributed by atoms with van der Waals surface area (Å²) in [5, 5.41) is 0. The first-order valence-corrected chi connectivity index (χ1v) is 6.00. The molecule has 66 valence electrons. The molecule has 1 aliphatic rings. The van der Waals surface area contributed by atoms with Crippen molar-refractivity contribution >= 4 is 22.6 Å². The molecule has 0 N–H and O–H groups in total. The minimum absolute atomic E-state index is 0.893. The molecule has 0 aromatic heterocycles. The topological polar surface area (TPSA) is 0 Å². The van der Waals surface area contributed by atoms with E-state index in [4.69, 9.17) is 0 Å². The molecule has 0 aromatic rings. The summed E-state index contributed by atoms with van der Waals surface area (Å²) in [4.78, 5) is 0. The number of hydrogen-bond donors (Lipinski definition) is 0. The fourth-order valence-electron chi connectivity index (χ4n) is 2.09. The highest BCUT2D eigenvalue weighted by atomic mass is 127. The second-order valence-corrected chi connectivity index (χ2v) is 5.94. The van der Waals surface area contributed by atoms with Crippen molar-refractivity contribution in [2.24, 2.45) is 17.8 Å². The van der Waals surface area contributed by atoms with Gasteiger partial charge in [0.2, 0.25) is 0 Å². The van der Waals surface area contributed by atoms with Crippen LogP contribution in [0.5, 0.6) is 0 Å². The SMILES string of the molecule is CC(C)[C@H]1CC[C@@H](C)C[C@@H]1I. The fourth-order valence-corrected chi connectivity index (χ4v) is 4.14. The first kappa shape index (κ1) is 9.82. The third-order valence-electron chi connectivity index (χ3n) is 2.94. The van der Waals surface area contributed by atoms with Crippen LogP contribution in [0.1, 0.15) is 40.0 Å². The van der Waals surface area contributed by atoms with Crippen LogP contribution in [0, 0.1) is 17.8 Å². The molecule has 1 fully saturated rings. The van der Waals surface area contributed by atoms with Crippen LogP contribution in [-0.4, -0.2) is 3.92 Å². The average molecular weight is 266 g/mol.